The van der Waals surface area contributed by atoms with Gasteiger partial charge in [0, 0.05) is 18.3 Å². The summed E-state index contributed by atoms with van der Waals surface area (Å²) in [5.74, 6) is 1.29. The van der Waals surface area contributed by atoms with Crippen molar-refractivity contribution in [3.63, 3.8) is 0 Å². The van der Waals surface area contributed by atoms with E-state index in [2.05, 4.69) is 5.32 Å². The van der Waals surface area contributed by atoms with E-state index in [1.54, 1.807) is 67.7 Å². The first-order valence-electron chi connectivity index (χ1n) is 9.30. The van der Waals surface area contributed by atoms with Crippen LogP contribution in [0.15, 0.2) is 66.7 Å². The van der Waals surface area contributed by atoms with Gasteiger partial charge in [-0.05, 0) is 61.5 Å². The van der Waals surface area contributed by atoms with Crippen LogP contribution >= 0.6 is 0 Å². The van der Waals surface area contributed by atoms with E-state index in [0.29, 0.717) is 40.6 Å². The minimum atomic E-state index is -0.278. The third-order valence-corrected chi connectivity index (χ3v) is 4.65. The average Bonchev–Trinajstić information content (AvgIpc) is 2.84. The number of ether oxygens (including phenoxy) is 2. The molecule has 2 amide bonds. The lowest BCUT2D eigenvalue weighted by atomic mass is 10.1. The van der Waals surface area contributed by atoms with Crippen LogP contribution in [0.1, 0.15) is 27.6 Å². The maximum atomic E-state index is 12.8. The highest BCUT2D eigenvalue weighted by Crippen LogP contribution is 2.38. The van der Waals surface area contributed by atoms with Crippen LogP contribution in [0.25, 0.3) is 0 Å². The Hall–Kier alpha value is -3.80. The average molecular weight is 388 g/mol. The Morgan fingerprint density at radius 1 is 1.03 bits per heavy atom. The van der Waals surface area contributed by atoms with Crippen molar-refractivity contribution in [2.75, 3.05) is 23.9 Å². The fraction of sp³-hybridized carbons (Fsp3) is 0.130. The molecule has 0 saturated carbocycles. The highest BCUT2D eigenvalue weighted by Gasteiger charge is 2.26. The van der Waals surface area contributed by atoms with Gasteiger partial charge in [-0.1, -0.05) is 12.1 Å². The van der Waals surface area contributed by atoms with Gasteiger partial charge in [0.1, 0.15) is 11.5 Å². The molecule has 1 N–H and O–H groups in total. The van der Waals surface area contributed by atoms with Gasteiger partial charge < -0.3 is 19.7 Å². The number of nitrogens with one attached hydrogen (secondary N) is 1. The lowest BCUT2D eigenvalue weighted by Crippen LogP contribution is -2.25. The molecule has 6 nitrogen and oxygen atoms in total. The number of benzene rings is 3. The van der Waals surface area contributed by atoms with Crippen LogP contribution in [-0.2, 0) is 0 Å². The third kappa shape index (κ3) is 3.65. The summed E-state index contributed by atoms with van der Waals surface area (Å²) in [5.41, 5.74) is 2.09. The van der Waals surface area contributed by atoms with E-state index in [1.165, 1.54) is 4.90 Å². The van der Waals surface area contributed by atoms with E-state index in [9.17, 15) is 9.59 Å². The second kappa shape index (κ2) is 7.67. The number of anilines is 2. The predicted octanol–water partition coefficient (Wildman–Crippen LogP) is 4.72. The van der Waals surface area contributed by atoms with Crippen molar-refractivity contribution in [2.24, 2.45) is 0 Å². The van der Waals surface area contributed by atoms with E-state index in [-0.39, 0.29) is 11.8 Å². The molecule has 3 aromatic carbocycles. The Bertz CT molecular complexity index is 1080. The number of hydrogen-bond donors (Lipinski definition) is 1. The smallest absolute Gasteiger partial charge is 0.261 e. The zero-order chi connectivity index (χ0) is 20.4. The summed E-state index contributed by atoms with van der Waals surface area (Å²) < 4.78 is 11.3. The van der Waals surface area contributed by atoms with Crippen LogP contribution in [0, 0.1) is 0 Å². The largest absolute Gasteiger partial charge is 0.494 e. The summed E-state index contributed by atoms with van der Waals surface area (Å²) in [5, 5.41) is 2.85. The summed E-state index contributed by atoms with van der Waals surface area (Å²) in [4.78, 5) is 27.0. The fourth-order valence-corrected chi connectivity index (χ4v) is 3.15. The highest BCUT2D eigenvalue weighted by atomic mass is 16.5. The van der Waals surface area contributed by atoms with Gasteiger partial charge in [-0.25, -0.2) is 0 Å². The van der Waals surface area contributed by atoms with E-state index >= 15 is 0 Å². The molecule has 0 aromatic heterocycles. The van der Waals surface area contributed by atoms with Gasteiger partial charge in [0.15, 0.2) is 5.75 Å². The Kier molecular flexibility index (Phi) is 4.91. The summed E-state index contributed by atoms with van der Waals surface area (Å²) in [6, 6.07) is 19.3. The zero-order valence-electron chi connectivity index (χ0n) is 16.1. The molecule has 0 bridgehead atoms. The van der Waals surface area contributed by atoms with Crippen LogP contribution in [0.2, 0.25) is 0 Å². The lowest BCUT2D eigenvalue weighted by Gasteiger charge is -2.17. The van der Waals surface area contributed by atoms with E-state index in [4.69, 9.17) is 9.47 Å². The summed E-state index contributed by atoms with van der Waals surface area (Å²) in [6.07, 6.45) is 0. The number of amides is 2. The normalized spacial score (nSPS) is 12.3. The van der Waals surface area contributed by atoms with Crippen LogP contribution in [-0.4, -0.2) is 25.5 Å². The lowest BCUT2D eigenvalue weighted by molar-refractivity contribution is 0.0990. The van der Waals surface area contributed by atoms with Gasteiger partial charge in [0.05, 0.1) is 17.9 Å². The number of nitrogens with zero attached hydrogens (tertiary/aromatic N) is 1. The molecule has 0 radical (unpaired) electrons. The molecule has 0 spiro atoms. The molecular weight excluding hydrogens is 368 g/mol. The standard InChI is InChI=1S/C23H20N2O4/c1-3-28-17-11-9-16(10-12-17)24-22(26)15-8-13-21-19(14-15)25(2)23(27)18-6-4-5-7-20(18)29-21/h4-14H,3H2,1-2H3,(H,24,26). The highest BCUT2D eigenvalue weighted by molar-refractivity contribution is 6.11. The minimum Gasteiger partial charge on any atom is -0.494 e. The molecular formula is C23H20N2O4. The molecule has 0 atom stereocenters. The Balaban J connectivity index is 1.59. The third-order valence-electron chi connectivity index (χ3n) is 4.65. The number of carbonyl (C=O) groups is 2. The Morgan fingerprint density at radius 3 is 2.55 bits per heavy atom. The summed E-state index contributed by atoms with van der Waals surface area (Å²) in [7, 11) is 1.67. The summed E-state index contributed by atoms with van der Waals surface area (Å²) in [6.45, 7) is 2.50. The van der Waals surface area contributed by atoms with Crippen molar-refractivity contribution in [3.05, 3.63) is 77.9 Å². The SMILES string of the molecule is CCOc1ccc(NC(=O)c2ccc3c(c2)N(C)C(=O)c2ccccc2O3)cc1. The molecule has 0 unspecified atom stereocenters. The Morgan fingerprint density at radius 2 is 1.79 bits per heavy atom. The zero-order valence-corrected chi connectivity index (χ0v) is 16.1. The second-order valence-corrected chi connectivity index (χ2v) is 6.56. The van der Waals surface area contributed by atoms with Gasteiger partial charge in [0.2, 0.25) is 0 Å². The molecule has 146 valence electrons. The van der Waals surface area contributed by atoms with Gasteiger partial charge in [0.25, 0.3) is 11.8 Å². The molecule has 0 aliphatic carbocycles. The minimum absolute atomic E-state index is 0.191. The molecule has 0 fully saturated rings. The molecule has 1 aliphatic rings. The first kappa shape index (κ1) is 18.6. The molecule has 1 aliphatic heterocycles. The van der Waals surface area contributed by atoms with E-state index < -0.39 is 0 Å². The number of rotatable bonds is 4. The van der Waals surface area contributed by atoms with E-state index in [0.717, 1.165) is 5.75 Å². The number of para-hydroxylation sites is 1. The van der Waals surface area contributed by atoms with Crippen molar-refractivity contribution in [1.82, 2.24) is 0 Å². The Labute approximate surface area is 168 Å². The van der Waals surface area contributed by atoms with Gasteiger partial charge >= 0.3 is 0 Å². The first-order valence-corrected chi connectivity index (χ1v) is 9.30. The molecule has 6 heteroatoms. The topological polar surface area (TPSA) is 67.9 Å². The van der Waals surface area contributed by atoms with Crippen LogP contribution in [0.4, 0.5) is 11.4 Å². The molecule has 3 aromatic rings. The van der Waals surface area contributed by atoms with Crippen LogP contribution in [0.5, 0.6) is 17.2 Å². The summed E-state index contributed by atoms with van der Waals surface area (Å²) >= 11 is 0. The van der Waals surface area contributed by atoms with E-state index in [1.807, 2.05) is 13.0 Å². The van der Waals surface area contributed by atoms with Crippen LogP contribution in [0.3, 0.4) is 0 Å². The van der Waals surface area contributed by atoms with Gasteiger partial charge in [-0.3, -0.25) is 9.59 Å². The maximum Gasteiger partial charge on any atom is 0.261 e. The number of fused-ring (bicyclic) bond motifs is 2. The van der Waals surface area contributed by atoms with Crippen LogP contribution < -0.4 is 19.7 Å². The molecule has 4 rings (SSSR count). The molecule has 0 saturated heterocycles. The monoisotopic (exact) mass is 388 g/mol. The van der Waals surface area contributed by atoms with Gasteiger partial charge in [-0.2, -0.15) is 0 Å². The number of carbonyl (C=O) groups excluding carboxylic acids is 2. The van der Waals surface area contributed by atoms with Crippen molar-refractivity contribution < 1.29 is 19.1 Å². The molecule has 29 heavy (non-hydrogen) atoms. The van der Waals surface area contributed by atoms with Crippen molar-refractivity contribution >= 4 is 23.2 Å². The number of hydrogen-bond acceptors (Lipinski definition) is 4. The van der Waals surface area contributed by atoms with Crippen molar-refractivity contribution in [2.45, 2.75) is 6.92 Å². The maximum absolute atomic E-state index is 12.8. The fourth-order valence-electron chi connectivity index (χ4n) is 3.15. The first-order chi connectivity index (χ1) is 14.1. The predicted molar refractivity (Wildman–Crippen MR) is 111 cm³/mol. The molecule has 1 heterocycles. The quantitative estimate of drug-likeness (QED) is 0.702. The van der Waals surface area contributed by atoms with Crippen molar-refractivity contribution in [1.29, 1.82) is 0 Å². The van der Waals surface area contributed by atoms with Crippen molar-refractivity contribution in [3.8, 4) is 17.2 Å². The van der Waals surface area contributed by atoms with Gasteiger partial charge in [-0.15, -0.1) is 0 Å². The second-order valence-electron chi connectivity index (χ2n) is 6.56.